The molecule has 2 bridgehead atoms. The van der Waals surface area contributed by atoms with E-state index in [-0.39, 0.29) is 44.4 Å². The van der Waals surface area contributed by atoms with Gasteiger partial charge in [0.1, 0.15) is 18.1 Å². The van der Waals surface area contributed by atoms with Crippen LogP contribution in [0.2, 0.25) is 0 Å². The normalized spacial score (nSPS) is 44.6. The highest BCUT2D eigenvalue weighted by Gasteiger charge is 2.50. The number of nitrogens with two attached hydrogens (primary N) is 1. The van der Waals surface area contributed by atoms with Crippen LogP contribution in [0.25, 0.3) is 0 Å². The molecule has 3 aliphatic rings. The summed E-state index contributed by atoms with van der Waals surface area (Å²) in [5.74, 6) is -6.45. The molecular weight excluding hydrogens is 835 g/mol. The second kappa shape index (κ2) is 27.5. The van der Waals surface area contributed by atoms with Gasteiger partial charge >= 0.3 is 11.9 Å². The molecule has 0 saturated carbocycles. The third kappa shape index (κ3) is 18.6. The van der Waals surface area contributed by atoms with Crippen LogP contribution in [0.3, 0.4) is 0 Å². The van der Waals surface area contributed by atoms with E-state index in [0.29, 0.717) is 0 Å². The van der Waals surface area contributed by atoms with Gasteiger partial charge in [-0.25, -0.2) is 0 Å². The Morgan fingerprint density at radius 2 is 1.31 bits per heavy atom. The van der Waals surface area contributed by atoms with Crippen LogP contribution in [-0.2, 0) is 28.5 Å². The maximum atomic E-state index is 12.6. The van der Waals surface area contributed by atoms with E-state index < -0.39 is 134 Å². The first-order chi connectivity index (χ1) is 30.2. The number of rotatable bonds is 3. The van der Waals surface area contributed by atoms with Crippen LogP contribution >= 0.6 is 0 Å². The lowest BCUT2D eigenvalue weighted by molar-refractivity contribution is -0.308. The number of aliphatic carboxylic acids is 1. The van der Waals surface area contributed by atoms with Crippen LogP contribution in [-0.4, -0.2) is 154 Å². The molecule has 18 atom stereocenters. The summed E-state index contributed by atoms with van der Waals surface area (Å²) < 4.78 is 23.3. The third-order valence-corrected chi connectivity index (χ3v) is 12.1. The predicted molar refractivity (Wildman–Crippen MR) is 236 cm³/mol. The number of ether oxygens (including phenoxy) is 4. The number of aliphatic hydroxyl groups excluding tert-OH is 8. The Labute approximate surface area is 376 Å². The highest BCUT2D eigenvalue weighted by molar-refractivity contribution is 5.71. The number of carbonyl (C=O) groups excluding carboxylic acids is 1. The highest BCUT2D eigenvalue weighted by Crippen LogP contribution is 2.38. The van der Waals surface area contributed by atoms with E-state index in [9.17, 15) is 60.7 Å². The Hall–Kier alpha value is -3.14. The van der Waals surface area contributed by atoms with Crippen molar-refractivity contribution in [2.75, 3.05) is 0 Å². The van der Waals surface area contributed by atoms with Crippen molar-refractivity contribution >= 4 is 11.9 Å². The van der Waals surface area contributed by atoms with Crippen molar-refractivity contribution in [3.05, 3.63) is 72.9 Å². The van der Waals surface area contributed by atoms with Crippen molar-refractivity contribution < 1.29 is 79.6 Å². The predicted octanol–water partition coefficient (Wildman–Crippen LogP) is 1.96. The molecule has 3 heterocycles. The Morgan fingerprint density at radius 1 is 0.719 bits per heavy atom. The summed E-state index contributed by atoms with van der Waals surface area (Å²) in [4.78, 5) is 25.1. The summed E-state index contributed by atoms with van der Waals surface area (Å²) >= 11 is 0. The molecule has 364 valence electrons. The summed E-state index contributed by atoms with van der Waals surface area (Å²) in [6.45, 7) is 6.85. The first-order valence-electron chi connectivity index (χ1n) is 22.5. The van der Waals surface area contributed by atoms with E-state index in [0.717, 1.165) is 12.8 Å². The molecule has 64 heavy (non-hydrogen) atoms. The summed E-state index contributed by atoms with van der Waals surface area (Å²) in [5, 5.41) is 107. The van der Waals surface area contributed by atoms with Crippen molar-refractivity contribution in [1.82, 2.24) is 0 Å². The second-order valence-corrected chi connectivity index (χ2v) is 17.7. The SMILES string of the molecule is C[C@@H]1[C@H](O)[C@@H](C)/C=C/C=C/CC/C=C/C=C/C=C/C=C/[C@H](O[C@@H]2O[C@H](C)[C@@H](O)[C@H](N)[C@@H]2O)CC2O[C@](O)(C[C@@H](O)CCC[C@@H](O)C[C@@H](O)C[C@@H](O)CC(=O)O[C@H]1C)C[C@H](O)[C@H]2C(=O)O. The average Bonchev–Trinajstić information content (AvgIpc) is 3.20. The molecule has 17 nitrogen and oxygen atoms in total. The van der Waals surface area contributed by atoms with Gasteiger partial charge in [0.25, 0.3) is 0 Å². The maximum Gasteiger partial charge on any atom is 0.311 e. The third-order valence-electron chi connectivity index (χ3n) is 12.1. The molecule has 2 fully saturated rings. The molecular formula is C47H75NO16. The van der Waals surface area contributed by atoms with Gasteiger partial charge in [-0.2, -0.15) is 0 Å². The Balaban J connectivity index is 1.81. The molecule has 0 spiro atoms. The van der Waals surface area contributed by atoms with E-state index >= 15 is 0 Å². The van der Waals surface area contributed by atoms with Gasteiger partial charge in [-0.3, -0.25) is 9.59 Å². The molecule has 3 rings (SSSR count). The summed E-state index contributed by atoms with van der Waals surface area (Å²) in [5.41, 5.74) is 6.03. The van der Waals surface area contributed by atoms with E-state index in [2.05, 4.69) is 0 Å². The fourth-order valence-corrected chi connectivity index (χ4v) is 8.15. The summed E-state index contributed by atoms with van der Waals surface area (Å²) in [7, 11) is 0. The second-order valence-electron chi connectivity index (χ2n) is 17.7. The van der Waals surface area contributed by atoms with Gasteiger partial charge < -0.3 is 75.7 Å². The lowest BCUT2D eigenvalue weighted by Crippen LogP contribution is -2.61. The monoisotopic (exact) mass is 910 g/mol. The zero-order valence-electron chi connectivity index (χ0n) is 37.5. The van der Waals surface area contributed by atoms with Crippen molar-refractivity contribution in [2.45, 2.75) is 190 Å². The smallest absolute Gasteiger partial charge is 0.311 e. The van der Waals surface area contributed by atoms with Gasteiger partial charge in [-0.05, 0) is 58.8 Å². The molecule has 0 aromatic heterocycles. The topological polar surface area (TPSA) is 299 Å². The minimum Gasteiger partial charge on any atom is -0.481 e. The summed E-state index contributed by atoms with van der Waals surface area (Å²) in [6, 6.07) is -1.12. The first kappa shape index (κ1) is 55.2. The molecule has 0 amide bonds. The summed E-state index contributed by atoms with van der Waals surface area (Å²) in [6.07, 6.45) is 6.74. The number of hydrogen-bond donors (Lipinski definition) is 11. The molecule has 3 aliphatic heterocycles. The largest absolute Gasteiger partial charge is 0.481 e. The minimum atomic E-state index is -2.17. The van der Waals surface area contributed by atoms with E-state index in [4.69, 9.17) is 24.7 Å². The van der Waals surface area contributed by atoms with Crippen LogP contribution in [0.5, 0.6) is 0 Å². The number of esters is 1. The van der Waals surface area contributed by atoms with E-state index in [1.165, 1.54) is 0 Å². The molecule has 12 N–H and O–H groups in total. The number of carboxylic acids is 1. The van der Waals surface area contributed by atoms with Gasteiger partial charge in [-0.1, -0.05) is 86.8 Å². The van der Waals surface area contributed by atoms with Gasteiger partial charge in [0.2, 0.25) is 0 Å². The van der Waals surface area contributed by atoms with Crippen molar-refractivity contribution in [1.29, 1.82) is 0 Å². The minimum absolute atomic E-state index is 0.0556. The molecule has 1 unspecified atom stereocenters. The number of cyclic esters (lactones) is 1. The molecule has 17 heteroatoms. The molecule has 0 aliphatic carbocycles. The number of allylic oxidation sites excluding steroid dienone is 10. The molecule has 0 radical (unpaired) electrons. The lowest BCUT2D eigenvalue weighted by Gasteiger charge is -2.45. The Morgan fingerprint density at radius 3 is 1.98 bits per heavy atom. The molecule has 0 aromatic carbocycles. The maximum absolute atomic E-state index is 12.6. The van der Waals surface area contributed by atoms with Crippen molar-refractivity contribution in [3.63, 3.8) is 0 Å². The zero-order chi connectivity index (χ0) is 47.6. The quantitative estimate of drug-likeness (QED) is 0.180. The number of aliphatic hydroxyl groups is 9. The van der Waals surface area contributed by atoms with Crippen LogP contribution in [0.4, 0.5) is 0 Å². The lowest BCUT2D eigenvalue weighted by atomic mass is 9.83. The van der Waals surface area contributed by atoms with Gasteiger partial charge in [0.15, 0.2) is 12.1 Å². The van der Waals surface area contributed by atoms with Crippen LogP contribution < -0.4 is 5.73 Å². The highest BCUT2D eigenvalue weighted by atomic mass is 16.7. The standard InChI is InChI=1S/C47H75NO16/c1-28-18-15-13-11-9-7-5-6-8-10-12-14-16-21-36(63-46-44(57)41(48)43(56)31(4)62-46)25-38-40(45(58)59)37(53)27-47(60,64-38)26-33(50)20-17-19-32(49)22-34(51)23-35(52)24-39(54)61-30(3)29(2)42(28)55/h5-6,8,10-16,18,21,28-38,40-44,46,49-53,55-57,60H,7,9,17,19-20,22-27,48H2,1-4H3,(H,58,59)/b6-5+,10-8+,13-11+,14-12+,18-15+,21-16+/t28-,29-,30-,31+,32+,33-,34+,35+,36-,37-,38?,40+,41-,42+,43+,44-,46-,47+/m0/s1. The van der Waals surface area contributed by atoms with Gasteiger partial charge in [0, 0.05) is 31.1 Å². The van der Waals surface area contributed by atoms with Crippen molar-refractivity contribution in [2.24, 2.45) is 23.5 Å². The van der Waals surface area contributed by atoms with Crippen LogP contribution in [0.15, 0.2) is 72.9 Å². The fourth-order valence-electron chi connectivity index (χ4n) is 8.15. The number of hydrogen-bond acceptors (Lipinski definition) is 16. The number of carbonyl (C=O) groups is 2. The van der Waals surface area contributed by atoms with Crippen molar-refractivity contribution in [3.8, 4) is 0 Å². The van der Waals surface area contributed by atoms with E-state index in [1.807, 2.05) is 49.5 Å². The first-order valence-corrected chi connectivity index (χ1v) is 22.5. The molecule has 2 saturated heterocycles. The van der Waals surface area contributed by atoms with Crippen LogP contribution in [0.1, 0.15) is 98.3 Å². The van der Waals surface area contributed by atoms with E-state index in [1.54, 1.807) is 51.2 Å². The Kier molecular flexibility index (Phi) is 23.7. The van der Waals surface area contributed by atoms with Crippen LogP contribution in [0, 0.1) is 17.8 Å². The Bertz CT molecular complexity index is 1580. The number of carboxylic acid groups (broad SMARTS) is 1. The zero-order valence-corrected chi connectivity index (χ0v) is 37.5. The fraction of sp³-hybridized carbons (Fsp3) is 0.702. The van der Waals surface area contributed by atoms with Gasteiger partial charge in [0.05, 0.1) is 73.5 Å². The molecule has 0 aromatic rings. The number of fused-ring (bicyclic) bond motifs is 2. The van der Waals surface area contributed by atoms with Gasteiger partial charge in [-0.15, -0.1) is 0 Å². The average molecular weight is 910 g/mol.